The normalized spacial score (nSPS) is 10.1. The predicted molar refractivity (Wildman–Crippen MR) is 87.6 cm³/mol. The van der Waals surface area contributed by atoms with Crippen LogP contribution in [0.4, 0.5) is 5.69 Å². The van der Waals surface area contributed by atoms with Crippen LogP contribution in [0.5, 0.6) is 5.75 Å². The van der Waals surface area contributed by atoms with Gasteiger partial charge in [0.05, 0.1) is 10.6 Å². The molecule has 0 aliphatic carbocycles. The molecule has 0 aromatic heterocycles. The number of phenolic OH excluding ortho intramolecular Hbond substituents is 1. The first-order valence-corrected chi connectivity index (χ1v) is 6.93. The zero-order chi connectivity index (χ0) is 15.2. The van der Waals surface area contributed by atoms with Crippen molar-refractivity contribution in [1.82, 2.24) is 0 Å². The van der Waals surface area contributed by atoms with E-state index in [-0.39, 0.29) is 17.2 Å². The second-order valence-corrected chi connectivity index (χ2v) is 5.05. The number of hydrogen-bond donors (Lipinski definition) is 2. The fourth-order valence-corrected chi connectivity index (χ4v) is 2.07. The van der Waals surface area contributed by atoms with E-state index >= 15 is 0 Å². The lowest BCUT2D eigenvalue weighted by atomic mass is 10.1. The largest absolute Gasteiger partial charge is 0.507 e. The maximum Gasteiger partial charge on any atom is 0.262 e. The molecule has 108 valence electrons. The smallest absolute Gasteiger partial charge is 0.262 e. The van der Waals surface area contributed by atoms with Crippen LogP contribution in [0, 0.1) is 0 Å². The van der Waals surface area contributed by atoms with E-state index in [2.05, 4.69) is 0 Å². The summed E-state index contributed by atoms with van der Waals surface area (Å²) in [6, 6.07) is 15.7. The molecule has 0 saturated heterocycles. The number of rotatable bonds is 5. The van der Waals surface area contributed by atoms with Crippen molar-refractivity contribution < 1.29 is 9.90 Å². The fourth-order valence-electron chi connectivity index (χ4n) is 1.98. The lowest BCUT2D eigenvalue weighted by molar-refractivity contribution is 0.0985. The first-order chi connectivity index (χ1) is 10.1. The Labute approximate surface area is 128 Å². The van der Waals surface area contributed by atoms with Crippen LogP contribution in [-0.4, -0.2) is 22.5 Å². The number of carbonyl (C=O) groups is 1. The molecule has 0 atom stereocenters. The Balaban J connectivity index is 2.33. The minimum Gasteiger partial charge on any atom is -0.507 e. The molecule has 0 radical (unpaired) electrons. The summed E-state index contributed by atoms with van der Waals surface area (Å²) in [6.07, 6.45) is 0.420. The summed E-state index contributed by atoms with van der Waals surface area (Å²) in [5.41, 5.74) is 6.52. The Kier molecular flexibility index (Phi) is 4.90. The number of anilines is 1. The van der Waals surface area contributed by atoms with Crippen LogP contribution < -0.4 is 10.6 Å². The van der Waals surface area contributed by atoms with E-state index < -0.39 is 0 Å². The highest BCUT2D eigenvalue weighted by molar-refractivity contribution is 7.80. The van der Waals surface area contributed by atoms with E-state index in [1.54, 1.807) is 23.1 Å². The molecule has 0 aliphatic rings. The summed E-state index contributed by atoms with van der Waals surface area (Å²) in [6.45, 7) is 0.368. The van der Waals surface area contributed by atoms with Crippen LogP contribution in [-0.2, 0) is 0 Å². The number of carbonyl (C=O) groups excluding carboxylic acids is 1. The number of aromatic hydroxyl groups is 1. The molecule has 2 aromatic carbocycles. The van der Waals surface area contributed by atoms with Crippen molar-refractivity contribution in [3.8, 4) is 5.75 Å². The van der Waals surface area contributed by atoms with E-state index in [9.17, 15) is 9.90 Å². The molecule has 4 nitrogen and oxygen atoms in total. The van der Waals surface area contributed by atoms with Crippen LogP contribution >= 0.6 is 12.2 Å². The average molecular weight is 300 g/mol. The predicted octanol–water partition coefficient (Wildman–Crippen LogP) is 2.72. The maximum atomic E-state index is 12.7. The van der Waals surface area contributed by atoms with Gasteiger partial charge in [-0.3, -0.25) is 4.79 Å². The highest BCUT2D eigenvalue weighted by Gasteiger charge is 2.20. The molecule has 0 aliphatic heterocycles. The van der Waals surface area contributed by atoms with Gasteiger partial charge in [0, 0.05) is 18.7 Å². The van der Waals surface area contributed by atoms with Gasteiger partial charge in [0.2, 0.25) is 0 Å². The topological polar surface area (TPSA) is 66.6 Å². The van der Waals surface area contributed by atoms with Crippen molar-refractivity contribution in [2.24, 2.45) is 5.73 Å². The molecule has 2 rings (SSSR count). The summed E-state index contributed by atoms with van der Waals surface area (Å²) in [4.78, 5) is 14.6. The van der Waals surface area contributed by atoms with Crippen molar-refractivity contribution in [2.75, 3.05) is 11.4 Å². The van der Waals surface area contributed by atoms with Crippen molar-refractivity contribution in [2.45, 2.75) is 6.42 Å². The minimum atomic E-state index is -0.282. The van der Waals surface area contributed by atoms with Crippen LogP contribution in [0.2, 0.25) is 0 Å². The van der Waals surface area contributed by atoms with Crippen LogP contribution in [0.15, 0.2) is 54.6 Å². The van der Waals surface area contributed by atoms with Crippen molar-refractivity contribution in [1.29, 1.82) is 0 Å². The van der Waals surface area contributed by atoms with Gasteiger partial charge in [-0.2, -0.15) is 0 Å². The number of benzene rings is 2. The highest BCUT2D eigenvalue weighted by atomic mass is 32.1. The summed E-state index contributed by atoms with van der Waals surface area (Å²) >= 11 is 4.88. The Bertz CT molecular complexity index is 644. The standard InChI is InChI=1S/C16H16N2O2S/c17-15(21)10-11-18(12-6-2-1-3-7-12)16(20)13-8-4-5-9-14(13)19/h1-9,19H,10-11H2,(H2,17,21). The van der Waals surface area contributed by atoms with Gasteiger partial charge in [-0.1, -0.05) is 42.5 Å². The molecular weight excluding hydrogens is 284 g/mol. The van der Waals surface area contributed by atoms with E-state index in [4.69, 9.17) is 18.0 Å². The van der Waals surface area contributed by atoms with Crippen LogP contribution in [0.1, 0.15) is 16.8 Å². The zero-order valence-electron chi connectivity index (χ0n) is 11.4. The van der Waals surface area contributed by atoms with Crippen molar-refractivity contribution in [3.05, 3.63) is 60.2 Å². The molecule has 0 fully saturated rings. The summed E-state index contributed by atoms with van der Waals surface area (Å²) < 4.78 is 0. The van der Waals surface area contributed by atoms with Crippen molar-refractivity contribution in [3.63, 3.8) is 0 Å². The zero-order valence-corrected chi connectivity index (χ0v) is 12.2. The SMILES string of the molecule is NC(=S)CCN(C(=O)c1ccccc1O)c1ccccc1. The summed E-state index contributed by atoms with van der Waals surface area (Å²) in [5.74, 6) is -0.325. The second kappa shape index (κ2) is 6.85. The van der Waals surface area contributed by atoms with Crippen LogP contribution in [0.3, 0.4) is 0 Å². The first-order valence-electron chi connectivity index (χ1n) is 6.53. The number of phenols is 1. The van der Waals surface area contributed by atoms with Gasteiger partial charge >= 0.3 is 0 Å². The van der Waals surface area contributed by atoms with Gasteiger partial charge in [-0.05, 0) is 24.3 Å². The van der Waals surface area contributed by atoms with Crippen LogP contribution in [0.25, 0.3) is 0 Å². The highest BCUT2D eigenvalue weighted by Crippen LogP contribution is 2.22. The molecule has 21 heavy (non-hydrogen) atoms. The molecule has 2 aromatic rings. The number of nitrogens with two attached hydrogens (primary N) is 1. The van der Waals surface area contributed by atoms with Gasteiger partial charge in [0.25, 0.3) is 5.91 Å². The Morgan fingerprint density at radius 1 is 1.10 bits per heavy atom. The first kappa shape index (κ1) is 15.0. The molecule has 0 heterocycles. The lowest BCUT2D eigenvalue weighted by Crippen LogP contribution is -2.33. The molecule has 0 saturated carbocycles. The molecule has 5 heteroatoms. The second-order valence-electron chi connectivity index (χ2n) is 4.53. The van der Waals surface area contributed by atoms with Crippen molar-refractivity contribution >= 4 is 28.8 Å². The van der Waals surface area contributed by atoms with Gasteiger partial charge in [-0.25, -0.2) is 0 Å². The van der Waals surface area contributed by atoms with Gasteiger partial charge in [0.15, 0.2) is 0 Å². The van der Waals surface area contributed by atoms with Gasteiger partial charge in [-0.15, -0.1) is 0 Å². The van der Waals surface area contributed by atoms with E-state index in [1.165, 1.54) is 6.07 Å². The minimum absolute atomic E-state index is 0.0428. The third-order valence-corrected chi connectivity index (χ3v) is 3.23. The van der Waals surface area contributed by atoms with Gasteiger partial charge in [0.1, 0.15) is 5.75 Å². The summed E-state index contributed by atoms with van der Waals surface area (Å²) in [5, 5.41) is 9.86. The number of para-hydroxylation sites is 2. The van der Waals surface area contributed by atoms with E-state index in [0.29, 0.717) is 18.0 Å². The van der Waals surface area contributed by atoms with Gasteiger partial charge < -0.3 is 15.7 Å². The third kappa shape index (κ3) is 3.79. The quantitative estimate of drug-likeness (QED) is 0.833. The summed E-state index contributed by atoms with van der Waals surface area (Å²) in [7, 11) is 0. The molecule has 0 bridgehead atoms. The Hall–Kier alpha value is -2.40. The number of hydrogen-bond acceptors (Lipinski definition) is 3. The monoisotopic (exact) mass is 300 g/mol. The third-order valence-electron chi connectivity index (χ3n) is 3.03. The number of thiocarbonyl (C=S) groups is 1. The number of nitrogens with zero attached hydrogens (tertiary/aromatic N) is 1. The molecule has 0 spiro atoms. The maximum absolute atomic E-state index is 12.7. The number of amides is 1. The molecule has 3 N–H and O–H groups in total. The van der Waals surface area contributed by atoms with E-state index in [1.807, 2.05) is 30.3 Å². The fraction of sp³-hybridized carbons (Fsp3) is 0.125. The molecule has 1 amide bonds. The molecule has 0 unspecified atom stereocenters. The average Bonchev–Trinajstić information content (AvgIpc) is 2.48. The molecular formula is C16H16N2O2S. The Morgan fingerprint density at radius 3 is 2.33 bits per heavy atom. The Morgan fingerprint density at radius 2 is 1.71 bits per heavy atom. The van der Waals surface area contributed by atoms with E-state index in [0.717, 1.165) is 5.69 Å². The lowest BCUT2D eigenvalue weighted by Gasteiger charge is -2.23.